The van der Waals surface area contributed by atoms with Crippen molar-refractivity contribution >= 4 is 17.9 Å². The van der Waals surface area contributed by atoms with Crippen LogP contribution in [0.1, 0.15) is 290 Å². The fraction of sp³-hybridized carbons (Fsp3) is 0.873. The Hall–Kier alpha value is -2.11. The van der Waals surface area contributed by atoms with Crippen LogP contribution in [0.25, 0.3) is 0 Å². The van der Waals surface area contributed by atoms with E-state index in [2.05, 4.69) is 45.1 Å². The van der Waals surface area contributed by atoms with Crippen molar-refractivity contribution in [1.82, 2.24) is 0 Å². The monoisotopic (exact) mass is 859 g/mol. The summed E-state index contributed by atoms with van der Waals surface area (Å²) in [5.74, 6) is -0.881. The Kier molecular flexibility index (Phi) is 48.8. The fourth-order valence-corrected chi connectivity index (χ4v) is 7.84. The van der Waals surface area contributed by atoms with Crippen LogP contribution in [0.5, 0.6) is 0 Å². The summed E-state index contributed by atoms with van der Waals surface area (Å²) in [5, 5.41) is 0. The van der Waals surface area contributed by atoms with Gasteiger partial charge in [0, 0.05) is 19.3 Å². The van der Waals surface area contributed by atoms with Gasteiger partial charge >= 0.3 is 17.9 Å². The topological polar surface area (TPSA) is 78.9 Å². The van der Waals surface area contributed by atoms with Crippen LogP contribution in [0.15, 0.2) is 24.3 Å². The molecule has 0 aromatic heterocycles. The summed E-state index contributed by atoms with van der Waals surface area (Å²) in [6.45, 7) is 6.64. The molecule has 0 heterocycles. The molecule has 1 unspecified atom stereocenters. The molecule has 0 aliphatic heterocycles. The van der Waals surface area contributed by atoms with Crippen LogP contribution in [0, 0.1) is 0 Å². The summed E-state index contributed by atoms with van der Waals surface area (Å²) >= 11 is 0. The van der Waals surface area contributed by atoms with Crippen molar-refractivity contribution in [3.8, 4) is 0 Å². The predicted molar refractivity (Wildman–Crippen MR) is 261 cm³/mol. The molecule has 0 spiro atoms. The first-order valence-corrected chi connectivity index (χ1v) is 26.8. The molecular weight excluding hydrogens is 757 g/mol. The number of allylic oxidation sites excluding steroid dienone is 4. The predicted octanol–water partition coefficient (Wildman–Crippen LogP) is 17.5. The van der Waals surface area contributed by atoms with Crippen LogP contribution in [-0.2, 0) is 28.6 Å². The molecule has 61 heavy (non-hydrogen) atoms. The Morgan fingerprint density at radius 2 is 0.541 bits per heavy atom. The highest BCUT2D eigenvalue weighted by Crippen LogP contribution is 2.15. The van der Waals surface area contributed by atoms with E-state index in [4.69, 9.17) is 14.2 Å². The maximum absolute atomic E-state index is 12.8. The minimum Gasteiger partial charge on any atom is -0.462 e. The van der Waals surface area contributed by atoms with E-state index in [1.165, 1.54) is 180 Å². The van der Waals surface area contributed by atoms with Crippen molar-refractivity contribution in [2.45, 2.75) is 297 Å². The molecule has 0 saturated heterocycles. The molecule has 0 aromatic carbocycles. The van der Waals surface area contributed by atoms with Gasteiger partial charge in [-0.2, -0.15) is 0 Å². The molecule has 358 valence electrons. The third kappa shape index (κ3) is 48.8. The van der Waals surface area contributed by atoms with Crippen molar-refractivity contribution < 1.29 is 28.6 Å². The molecule has 1 atom stereocenters. The van der Waals surface area contributed by atoms with Gasteiger partial charge < -0.3 is 14.2 Å². The number of unbranched alkanes of at least 4 members (excludes halogenated alkanes) is 34. The number of carbonyl (C=O) groups excluding carboxylic acids is 3. The Labute approximate surface area is 379 Å². The summed E-state index contributed by atoms with van der Waals surface area (Å²) in [6.07, 6.45) is 57.3. The molecule has 0 aromatic rings. The van der Waals surface area contributed by atoms with Gasteiger partial charge in [0.1, 0.15) is 13.2 Å². The van der Waals surface area contributed by atoms with Crippen molar-refractivity contribution in [1.29, 1.82) is 0 Å². The van der Waals surface area contributed by atoms with Crippen LogP contribution in [0.4, 0.5) is 0 Å². The van der Waals surface area contributed by atoms with Gasteiger partial charge in [-0.05, 0) is 70.6 Å². The van der Waals surface area contributed by atoms with E-state index in [9.17, 15) is 14.4 Å². The molecule has 0 rings (SSSR count). The molecule has 0 bridgehead atoms. The second-order valence-electron chi connectivity index (χ2n) is 18.1. The minimum atomic E-state index is -0.776. The Bertz CT molecular complexity index is 989. The quantitative estimate of drug-likeness (QED) is 0.0262. The van der Waals surface area contributed by atoms with Crippen molar-refractivity contribution in [3.05, 3.63) is 24.3 Å². The summed E-state index contributed by atoms with van der Waals surface area (Å²) in [7, 11) is 0. The lowest BCUT2D eigenvalue weighted by Crippen LogP contribution is -2.30. The number of hydrogen-bond donors (Lipinski definition) is 0. The summed E-state index contributed by atoms with van der Waals surface area (Å²) in [5.41, 5.74) is 0. The summed E-state index contributed by atoms with van der Waals surface area (Å²) in [4.78, 5) is 38.0. The third-order valence-electron chi connectivity index (χ3n) is 11.9. The average Bonchev–Trinajstić information content (AvgIpc) is 3.26. The second kappa shape index (κ2) is 50.5. The molecule has 0 saturated carbocycles. The lowest BCUT2D eigenvalue weighted by atomic mass is 10.0. The summed E-state index contributed by atoms with van der Waals surface area (Å²) in [6, 6.07) is 0. The average molecular weight is 859 g/mol. The molecule has 6 nitrogen and oxygen atoms in total. The van der Waals surface area contributed by atoms with Crippen LogP contribution < -0.4 is 0 Å². The number of rotatable bonds is 49. The smallest absolute Gasteiger partial charge is 0.306 e. The van der Waals surface area contributed by atoms with Crippen LogP contribution in [0.2, 0.25) is 0 Å². The highest BCUT2D eigenvalue weighted by molar-refractivity contribution is 5.71. The zero-order chi connectivity index (χ0) is 44.4. The molecule has 0 N–H and O–H groups in total. The van der Waals surface area contributed by atoms with E-state index in [1.807, 2.05) is 0 Å². The van der Waals surface area contributed by atoms with E-state index in [-0.39, 0.29) is 31.1 Å². The first kappa shape index (κ1) is 58.9. The van der Waals surface area contributed by atoms with Crippen molar-refractivity contribution in [3.63, 3.8) is 0 Å². The van der Waals surface area contributed by atoms with Crippen LogP contribution in [0.3, 0.4) is 0 Å². The molecule has 0 aliphatic carbocycles. The Balaban J connectivity index is 4.34. The second-order valence-corrected chi connectivity index (χ2v) is 18.1. The molecule has 0 fully saturated rings. The largest absolute Gasteiger partial charge is 0.462 e. The molecular formula is C55H102O6. The lowest BCUT2D eigenvalue weighted by molar-refractivity contribution is -0.167. The van der Waals surface area contributed by atoms with Crippen LogP contribution in [-0.4, -0.2) is 37.2 Å². The van der Waals surface area contributed by atoms with Crippen molar-refractivity contribution in [2.24, 2.45) is 0 Å². The van der Waals surface area contributed by atoms with Gasteiger partial charge in [0.25, 0.3) is 0 Å². The van der Waals surface area contributed by atoms with E-state index in [0.717, 1.165) is 70.6 Å². The number of ether oxygens (including phenoxy) is 3. The highest BCUT2D eigenvalue weighted by Gasteiger charge is 2.19. The van der Waals surface area contributed by atoms with Crippen molar-refractivity contribution in [2.75, 3.05) is 13.2 Å². The Morgan fingerprint density at radius 1 is 0.311 bits per heavy atom. The van der Waals surface area contributed by atoms with E-state index in [0.29, 0.717) is 19.3 Å². The number of hydrogen-bond acceptors (Lipinski definition) is 6. The first-order chi connectivity index (χ1) is 30.0. The first-order valence-electron chi connectivity index (χ1n) is 26.8. The third-order valence-corrected chi connectivity index (χ3v) is 11.9. The molecule has 0 amide bonds. The van der Waals surface area contributed by atoms with E-state index >= 15 is 0 Å². The lowest BCUT2D eigenvalue weighted by Gasteiger charge is -2.18. The van der Waals surface area contributed by atoms with Gasteiger partial charge in [0.15, 0.2) is 6.10 Å². The van der Waals surface area contributed by atoms with Gasteiger partial charge in [-0.3, -0.25) is 14.4 Å². The number of carbonyl (C=O) groups is 3. The fourth-order valence-electron chi connectivity index (χ4n) is 7.84. The van der Waals surface area contributed by atoms with Gasteiger partial charge in [-0.15, -0.1) is 0 Å². The molecule has 6 heteroatoms. The maximum atomic E-state index is 12.8. The summed E-state index contributed by atoms with van der Waals surface area (Å²) < 4.78 is 16.8. The van der Waals surface area contributed by atoms with E-state index in [1.54, 1.807) is 0 Å². The molecule has 0 aliphatic rings. The van der Waals surface area contributed by atoms with Crippen LogP contribution >= 0.6 is 0 Å². The normalized spacial score (nSPS) is 12.1. The standard InChI is InChI=1S/C55H102O6/c1-4-7-10-13-16-19-22-25-26-27-28-31-33-36-39-42-45-48-54(57)60-51-52(61-55(58)49-46-43-40-37-34-30-24-21-18-15-12-9-6-3)50-59-53(56)47-44-41-38-35-32-29-23-20-17-14-11-8-5-2/h25-26,30,34,52H,4-24,27-29,31-33,35-51H2,1-3H3/b26-25-,34-30-. The van der Waals surface area contributed by atoms with Gasteiger partial charge in [-0.25, -0.2) is 0 Å². The maximum Gasteiger partial charge on any atom is 0.306 e. The molecule has 0 radical (unpaired) electrons. The highest BCUT2D eigenvalue weighted by atomic mass is 16.6. The van der Waals surface area contributed by atoms with E-state index < -0.39 is 6.10 Å². The minimum absolute atomic E-state index is 0.0748. The zero-order valence-electron chi connectivity index (χ0n) is 40.9. The zero-order valence-corrected chi connectivity index (χ0v) is 40.9. The van der Waals surface area contributed by atoms with Gasteiger partial charge in [0.2, 0.25) is 0 Å². The van der Waals surface area contributed by atoms with Gasteiger partial charge in [0.05, 0.1) is 0 Å². The number of esters is 3. The Morgan fingerprint density at radius 3 is 0.836 bits per heavy atom. The van der Waals surface area contributed by atoms with Gasteiger partial charge in [-0.1, -0.05) is 225 Å². The SMILES string of the molecule is CCCCCCCC/C=C\CCCCCCCCCC(=O)OCC(COC(=O)CCCCCCCCCCCCCCC)OC(=O)CCCCC/C=C\CCCCCCCC.